The van der Waals surface area contributed by atoms with Crippen LogP contribution in [-0.4, -0.2) is 6.54 Å². The molecule has 0 unspecified atom stereocenters. The summed E-state index contributed by atoms with van der Waals surface area (Å²) in [5.74, 6) is 0.841. The van der Waals surface area contributed by atoms with Gasteiger partial charge in [0.15, 0.2) is 0 Å². The van der Waals surface area contributed by atoms with Gasteiger partial charge >= 0.3 is 0 Å². The number of hydrogen-bond donors (Lipinski definition) is 2. The third-order valence-electron chi connectivity index (χ3n) is 2.29. The SMILES string of the molecule is SCc1ccc2c(c1)CCCN2. The Kier molecular flexibility index (Phi) is 2.26. The molecule has 1 heterocycles. The monoisotopic (exact) mass is 179 g/mol. The molecule has 1 nitrogen and oxygen atoms in total. The third-order valence-corrected chi connectivity index (χ3v) is 2.66. The minimum absolute atomic E-state index is 0.841. The fourth-order valence-corrected chi connectivity index (χ4v) is 1.82. The number of aryl methyl sites for hydroxylation is 1. The standard InChI is InChI=1S/C10H13NS/c12-7-8-3-4-10-9(6-8)2-1-5-11-10/h3-4,6,11-12H,1-2,5,7H2. The molecule has 1 aliphatic rings. The van der Waals surface area contributed by atoms with Crippen LogP contribution in [0.2, 0.25) is 0 Å². The normalized spacial score (nSPS) is 15.1. The van der Waals surface area contributed by atoms with Crippen molar-refractivity contribution in [3.63, 3.8) is 0 Å². The molecular weight excluding hydrogens is 166 g/mol. The Morgan fingerprint density at radius 2 is 2.33 bits per heavy atom. The smallest absolute Gasteiger partial charge is 0.0372 e. The molecule has 12 heavy (non-hydrogen) atoms. The van der Waals surface area contributed by atoms with Gasteiger partial charge in [-0.3, -0.25) is 0 Å². The lowest BCUT2D eigenvalue weighted by molar-refractivity contribution is 0.829. The van der Waals surface area contributed by atoms with Crippen LogP contribution in [0.3, 0.4) is 0 Å². The Bertz CT molecular complexity index is 283. The van der Waals surface area contributed by atoms with Gasteiger partial charge in [-0.1, -0.05) is 12.1 Å². The van der Waals surface area contributed by atoms with E-state index >= 15 is 0 Å². The maximum atomic E-state index is 4.26. The Balaban J connectivity index is 2.36. The van der Waals surface area contributed by atoms with Gasteiger partial charge in [-0.25, -0.2) is 0 Å². The van der Waals surface area contributed by atoms with E-state index < -0.39 is 0 Å². The van der Waals surface area contributed by atoms with Crippen molar-refractivity contribution in [2.24, 2.45) is 0 Å². The second-order valence-corrected chi connectivity index (χ2v) is 3.50. The molecule has 0 bridgehead atoms. The fourth-order valence-electron chi connectivity index (χ4n) is 1.63. The van der Waals surface area contributed by atoms with Crippen molar-refractivity contribution in [3.05, 3.63) is 29.3 Å². The molecule has 2 rings (SSSR count). The van der Waals surface area contributed by atoms with E-state index in [9.17, 15) is 0 Å². The van der Waals surface area contributed by atoms with Gasteiger partial charge in [0.1, 0.15) is 0 Å². The average molecular weight is 179 g/mol. The highest BCUT2D eigenvalue weighted by Gasteiger charge is 2.07. The van der Waals surface area contributed by atoms with Crippen LogP contribution >= 0.6 is 12.6 Å². The van der Waals surface area contributed by atoms with Crippen LogP contribution in [0.1, 0.15) is 17.5 Å². The minimum Gasteiger partial charge on any atom is -0.385 e. The van der Waals surface area contributed by atoms with Crippen molar-refractivity contribution in [3.8, 4) is 0 Å². The van der Waals surface area contributed by atoms with Gasteiger partial charge in [-0.15, -0.1) is 0 Å². The predicted molar refractivity (Wildman–Crippen MR) is 55.9 cm³/mol. The molecular formula is C10H13NS. The van der Waals surface area contributed by atoms with Crippen LogP contribution in [0, 0.1) is 0 Å². The maximum absolute atomic E-state index is 4.26. The molecule has 0 aliphatic carbocycles. The maximum Gasteiger partial charge on any atom is 0.0372 e. The van der Waals surface area contributed by atoms with Crippen molar-refractivity contribution in [1.82, 2.24) is 0 Å². The summed E-state index contributed by atoms with van der Waals surface area (Å²) in [6, 6.07) is 6.57. The van der Waals surface area contributed by atoms with Gasteiger partial charge in [0.2, 0.25) is 0 Å². The van der Waals surface area contributed by atoms with E-state index in [1.54, 1.807) is 0 Å². The van der Waals surface area contributed by atoms with Crippen LogP contribution < -0.4 is 5.32 Å². The quantitative estimate of drug-likeness (QED) is 0.631. The molecule has 1 N–H and O–H groups in total. The molecule has 0 fully saturated rings. The summed E-state index contributed by atoms with van der Waals surface area (Å²) in [6.45, 7) is 1.12. The molecule has 0 saturated carbocycles. The minimum atomic E-state index is 0.841. The van der Waals surface area contributed by atoms with Crippen molar-refractivity contribution >= 4 is 18.3 Å². The molecule has 1 aromatic rings. The van der Waals surface area contributed by atoms with Gasteiger partial charge in [0.25, 0.3) is 0 Å². The average Bonchev–Trinajstić information content (AvgIpc) is 2.17. The highest BCUT2D eigenvalue weighted by Crippen LogP contribution is 2.23. The lowest BCUT2D eigenvalue weighted by atomic mass is 10.0. The summed E-state index contributed by atoms with van der Waals surface area (Å²) in [4.78, 5) is 0. The zero-order valence-electron chi connectivity index (χ0n) is 7.01. The molecule has 0 amide bonds. The van der Waals surface area contributed by atoms with Crippen molar-refractivity contribution in [1.29, 1.82) is 0 Å². The van der Waals surface area contributed by atoms with E-state index in [-0.39, 0.29) is 0 Å². The van der Waals surface area contributed by atoms with Gasteiger partial charge in [-0.05, 0) is 30.0 Å². The Labute approximate surface area is 78.6 Å². The molecule has 0 saturated heterocycles. The molecule has 1 aliphatic heterocycles. The van der Waals surface area contributed by atoms with Crippen LogP contribution in [0.25, 0.3) is 0 Å². The zero-order valence-corrected chi connectivity index (χ0v) is 7.90. The first kappa shape index (κ1) is 7.99. The summed E-state index contributed by atoms with van der Waals surface area (Å²) in [5.41, 5.74) is 4.08. The number of rotatable bonds is 1. The topological polar surface area (TPSA) is 12.0 Å². The predicted octanol–water partition coefficient (Wildman–Crippen LogP) is 2.47. The first-order chi connectivity index (χ1) is 5.90. The van der Waals surface area contributed by atoms with Gasteiger partial charge in [0, 0.05) is 18.0 Å². The van der Waals surface area contributed by atoms with Crippen molar-refractivity contribution < 1.29 is 0 Å². The fraction of sp³-hybridized carbons (Fsp3) is 0.400. The second kappa shape index (κ2) is 3.40. The Morgan fingerprint density at radius 3 is 3.17 bits per heavy atom. The number of hydrogen-bond acceptors (Lipinski definition) is 2. The highest BCUT2D eigenvalue weighted by molar-refractivity contribution is 7.79. The molecule has 64 valence electrons. The molecule has 0 aromatic heterocycles. The van der Waals surface area contributed by atoms with Gasteiger partial charge < -0.3 is 5.32 Å². The number of fused-ring (bicyclic) bond motifs is 1. The number of nitrogens with one attached hydrogen (secondary N) is 1. The molecule has 0 radical (unpaired) electrons. The first-order valence-electron chi connectivity index (χ1n) is 4.36. The molecule has 0 atom stereocenters. The summed E-state index contributed by atoms with van der Waals surface area (Å²) in [5, 5.41) is 3.39. The Morgan fingerprint density at radius 1 is 1.42 bits per heavy atom. The lowest BCUT2D eigenvalue weighted by Gasteiger charge is -2.18. The summed E-state index contributed by atoms with van der Waals surface area (Å²) >= 11 is 4.26. The van der Waals surface area contributed by atoms with E-state index in [0.717, 1.165) is 12.3 Å². The Hall–Kier alpha value is -0.630. The summed E-state index contributed by atoms with van der Waals surface area (Å²) in [6.07, 6.45) is 2.47. The van der Waals surface area contributed by atoms with E-state index in [0.29, 0.717) is 0 Å². The summed E-state index contributed by atoms with van der Waals surface area (Å²) in [7, 11) is 0. The second-order valence-electron chi connectivity index (χ2n) is 3.18. The number of benzene rings is 1. The van der Waals surface area contributed by atoms with E-state index in [2.05, 4.69) is 36.1 Å². The summed E-state index contributed by atoms with van der Waals surface area (Å²) < 4.78 is 0. The first-order valence-corrected chi connectivity index (χ1v) is 5.00. The van der Waals surface area contributed by atoms with Gasteiger partial charge in [-0.2, -0.15) is 12.6 Å². The largest absolute Gasteiger partial charge is 0.385 e. The molecule has 2 heteroatoms. The van der Waals surface area contributed by atoms with Crippen LogP contribution in [0.4, 0.5) is 5.69 Å². The van der Waals surface area contributed by atoms with Crippen LogP contribution in [0.5, 0.6) is 0 Å². The van der Waals surface area contributed by atoms with Crippen LogP contribution in [0.15, 0.2) is 18.2 Å². The molecule has 1 aromatic carbocycles. The molecule has 0 spiro atoms. The highest BCUT2D eigenvalue weighted by atomic mass is 32.1. The van der Waals surface area contributed by atoms with Crippen molar-refractivity contribution in [2.45, 2.75) is 18.6 Å². The van der Waals surface area contributed by atoms with Gasteiger partial charge in [0.05, 0.1) is 0 Å². The lowest BCUT2D eigenvalue weighted by Crippen LogP contribution is -2.11. The van der Waals surface area contributed by atoms with E-state index in [4.69, 9.17) is 0 Å². The number of anilines is 1. The zero-order chi connectivity index (χ0) is 8.39. The van der Waals surface area contributed by atoms with Crippen LogP contribution in [-0.2, 0) is 12.2 Å². The van der Waals surface area contributed by atoms with Crippen molar-refractivity contribution in [2.75, 3.05) is 11.9 Å². The third kappa shape index (κ3) is 1.44. The van der Waals surface area contributed by atoms with E-state index in [1.807, 2.05) is 0 Å². The number of thiol groups is 1. The van der Waals surface area contributed by atoms with E-state index in [1.165, 1.54) is 29.7 Å².